The van der Waals surface area contributed by atoms with Gasteiger partial charge in [-0.1, -0.05) is 6.07 Å². The molecule has 0 bridgehead atoms. The van der Waals surface area contributed by atoms with Crippen LogP contribution < -0.4 is 15.4 Å². The highest BCUT2D eigenvalue weighted by atomic mass is 16.5. The number of morpholine rings is 1. The number of hydrogen-bond acceptors (Lipinski definition) is 7. The first-order valence-electron chi connectivity index (χ1n) is 8.53. The van der Waals surface area contributed by atoms with Crippen molar-refractivity contribution in [2.24, 2.45) is 0 Å². The Kier molecular flexibility index (Phi) is 6.03. The summed E-state index contributed by atoms with van der Waals surface area (Å²) < 4.78 is 10.8. The second kappa shape index (κ2) is 8.64. The monoisotopic (exact) mass is 343 g/mol. The number of aryl methyl sites for hydroxylation is 1. The first-order chi connectivity index (χ1) is 12.2. The van der Waals surface area contributed by atoms with Crippen molar-refractivity contribution in [2.45, 2.75) is 6.92 Å². The van der Waals surface area contributed by atoms with E-state index in [4.69, 9.17) is 9.47 Å². The highest BCUT2D eigenvalue weighted by molar-refractivity contribution is 5.65. The van der Waals surface area contributed by atoms with Crippen molar-refractivity contribution < 1.29 is 9.47 Å². The Morgan fingerprint density at radius 2 is 2.08 bits per heavy atom. The number of nitrogens with zero attached hydrogens (tertiary/aromatic N) is 3. The number of benzene rings is 1. The zero-order valence-electron chi connectivity index (χ0n) is 14.8. The molecular formula is C18H25N5O2. The molecule has 7 nitrogen and oxygen atoms in total. The fourth-order valence-electron chi connectivity index (χ4n) is 2.72. The fourth-order valence-corrected chi connectivity index (χ4v) is 2.72. The van der Waals surface area contributed by atoms with E-state index in [-0.39, 0.29) is 0 Å². The van der Waals surface area contributed by atoms with Crippen LogP contribution in [0.2, 0.25) is 0 Å². The smallest absolute Gasteiger partial charge is 0.224 e. The highest BCUT2D eigenvalue weighted by Crippen LogP contribution is 2.27. The van der Waals surface area contributed by atoms with Gasteiger partial charge in [-0.3, -0.25) is 4.90 Å². The third kappa shape index (κ3) is 5.04. The molecule has 2 N–H and O–H groups in total. The van der Waals surface area contributed by atoms with Crippen molar-refractivity contribution in [3.63, 3.8) is 0 Å². The molecular weight excluding hydrogens is 318 g/mol. The van der Waals surface area contributed by atoms with Gasteiger partial charge in [0.1, 0.15) is 11.6 Å². The van der Waals surface area contributed by atoms with Crippen molar-refractivity contribution >= 4 is 17.5 Å². The van der Waals surface area contributed by atoms with E-state index in [1.165, 1.54) is 0 Å². The summed E-state index contributed by atoms with van der Waals surface area (Å²) in [5, 5.41) is 6.58. The molecule has 0 saturated carbocycles. The predicted molar refractivity (Wildman–Crippen MR) is 98.8 cm³/mol. The number of methoxy groups -OCH3 is 1. The quantitative estimate of drug-likeness (QED) is 0.799. The number of nitrogens with one attached hydrogen (secondary N) is 2. The second-order valence-electron chi connectivity index (χ2n) is 5.98. The highest BCUT2D eigenvalue weighted by Gasteiger charge is 2.10. The molecule has 0 unspecified atom stereocenters. The topological polar surface area (TPSA) is 71.5 Å². The summed E-state index contributed by atoms with van der Waals surface area (Å²) in [7, 11) is 1.66. The standard InChI is InChI=1S/C18H25N5O2/c1-14-3-4-16(24-2)15(13-14)21-17-5-6-19-18(22-17)20-7-8-23-9-11-25-12-10-23/h3-6,13H,7-12H2,1-2H3,(H2,19,20,21,22). The Labute approximate surface area is 148 Å². The average Bonchev–Trinajstić information content (AvgIpc) is 2.63. The van der Waals surface area contributed by atoms with Crippen LogP contribution >= 0.6 is 0 Å². The molecule has 25 heavy (non-hydrogen) atoms. The van der Waals surface area contributed by atoms with Gasteiger partial charge in [0.25, 0.3) is 0 Å². The van der Waals surface area contributed by atoms with E-state index in [9.17, 15) is 0 Å². The van der Waals surface area contributed by atoms with Gasteiger partial charge < -0.3 is 20.1 Å². The normalized spacial score (nSPS) is 15.0. The van der Waals surface area contributed by atoms with Crippen molar-refractivity contribution in [1.29, 1.82) is 0 Å². The summed E-state index contributed by atoms with van der Waals surface area (Å²) >= 11 is 0. The van der Waals surface area contributed by atoms with Crippen LogP contribution in [-0.4, -0.2) is 61.4 Å². The number of anilines is 3. The first-order valence-corrected chi connectivity index (χ1v) is 8.53. The van der Waals surface area contributed by atoms with Crippen molar-refractivity contribution in [3.8, 4) is 5.75 Å². The molecule has 2 heterocycles. The Bertz CT molecular complexity index is 689. The maximum absolute atomic E-state index is 5.40. The van der Waals surface area contributed by atoms with E-state index in [2.05, 4.69) is 25.5 Å². The Balaban J connectivity index is 1.58. The summed E-state index contributed by atoms with van der Waals surface area (Å²) in [6, 6.07) is 7.84. The first kappa shape index (κ1) is 17.4. The lowest BCUT2D eigenvalue weighted by molar-refractivity contribution is 0.0398. The minimum Gasteiger partial charge on any atom is -0.495 e. The summed E-state index contributed by atoms with van der Waals surface area (Å²) in [4.78, 5) is 11.2. The molecule has 1 aliphatic rings. The van der Waals surface area contributed by atoms with Crippen LogP contribution in [0.5, 0.6) is 5.75 Å². The minimum absolute atomic E-state index is 0.616. The minimum atomic E-state index is 0.616. The maximum atomic E-state index is 5.40. The van der Waals surface area contributed by atoms with Gasteiger partial charge in [0, 0.05) is 32.4 Å². The van der Waals surface area contributed by atoms with E-state index in [1.807, 2.05) is 31.2 Å². The molecule has 7 heteroatoms. The van der Waals surface area contributed by atoms with Crippen LogP contribution in [0.15, 0.2) is 30.5 Å². The molecule has 1 aromatic heterocycles. The molecule has 0 amide bonds. The van der Waals surface area contributed by atoms with Crippen molar-refractivity contribution in [2.75, 3.05) is 57.1 Å². The summed E-state index contributed by atoms with van der Waals surface area (Å²) in [6.45, 7) is 7.40. The molecule has 1 aliphatic heterocycles. The summed E-state index contributed by atoms with van der Waals surface area (Å²) in [5.74, 6) is 2.13. The maximum Gasteiger partial charge on any atom is 0.224 e. The fraction of sp³-hybridized carbons (Fsp3) is 0.444. The van der Waals surface area contributed by atoms with E-state index in [0.29, 0.717) is 5.95 Å². The molecule has 0 radical (unpaired) electrons. The molecule has 1 aromatic carbocycles. The van der Waals surface area contributed by atoms with Crippen molar-refractivity contribution in [1.82, 2.24) is 14.9 Å². The average molecular weight is 343 g/mol. The SMILES string of the molecule is COc1ccc(C)cc1Nc1ccnc(NCCN2CCOCC2)n1. The van der Waals surface area contributed by atoms with Gasteiger partial charge in [0.2, 0.25) is 5.95 Å². The molecule has 2 aromatic rings. The van der Waals surface area contributed by atoms with Gasteiger partial charge in [-0.25, -0.2) is 4.98 Å². The lowest BCUT2D eigenvalue weighted by Crippen LogP contribution is -2.39. The molecule has 1 fully saturated rings. The largest absolute Gasteiger partial charge is 0.495 e. The van der Waals surface area contributed by atoms with Crippen LogP contribution in [0.3, 0.4) is 0 Å². The van der Waals surface area contributed by atoms with E-state index < -0.39 is 0 Å². The predicted octanol–water partition coefficient (Wildman–Crippen LogP) is 2.28. The zero-order chi connectivity index (χ0) is 17.5. The lowest BCUT2D eigenvalue weighted by Gasteiger charge is -2.26. The van der Waals surface area contributed by atoms with Gasteiger partial charge in [0.15, 0.2) is 0 Å². The molecule has 0 spiro atoms. The third-order valence-electron chi connectivity index (χ3n) is 4.09. The molecule has 0 aliphatic carbocycles. The summed E-state index contributed by atoms with van der Waals surface area (Å²) in [6.07, 6.45) is 1.74. The van der Waals surface area contributed by atoms with Gasteiger partial charge in [0.05, 0.1) is 26.0 Å². The summed E-state index contributed by atoms with van der Waals surface area (Å²) in [5.41, 5.74) is 2.04. The van der Waals surface area contributed by atoms with Gasteiger partial charge >= 0.3 is 0 Å². The van der Waals surface area contributed by atoms with E-state index in [0.717, 1.165) is 62.2 Å². The van der Waals surface area contributed by atoms with Crippen molar-refractivity contribution in [3.05, 3.63) is 36.0 Å². The van der Waals surface area contributed by atoms with Crippen LogP contribution in [-0.2, 0) is 4.74 Å². The van der Waals surface area contributed by atoms with Gasteiger partial charge in [-0.2, -0.15) is 4.98 Å². The molecule has 1 saturated heterocycles. The van der Waals surface area contributed by atoms with Gasteiger partial charge in [-0.05, 0) is 30.7 Å². The number of ether oxygens (including phenoxy) is 2. The lowest BCUT2D eigenvalue weighted by atomic mass is 10.2. The van der Waals surface area contributed by atoms with E-state index in [1.54, 1.807) is 13.3 Å². The third-order valence-corrected chi connectivity index (χ3v) is 4.09. The Morgan fingerprint density at radius 1 is 1.24 bits per heavy atom. The zero-order valence-corrected chi connectivity index (χ0v) is 14.8. The van der Waals surface area contributed by atoms with Crippen LogP contribution in [0, 0.1) is 6.92 Å². The van der Waals surface area contributed by atoms with E-state index >= 15 is 0 Å². The molecule has 0 atom stereocenters. The van der Waals surface area contributed by atoms with Gasteiger partial charge in [-0.15, -0.1) is 0 Å². The number of aromatic nitrogens is 2. The second-order valence-corrected chi connectivity index (χ2v) is 5.98. The van der Waals surface area contributed by atoms with Crippen LogP contribution in [0.4, 0.5) is 17.5 Å². The number of hydrogen-bond donors (Lipinski definition) is 2. The molecule has 134 valence electrons. The van der Waals surface area contributed by atoms with Crippen LogP contribution in [0.1, 0.15) is 5.56 Å². The Morgan fingerprint density at radius 3 is 2.88 bits per heavy atom. The number of rotatable bonds is 7. The van der Waals surface area contributed by atoms with Crippen LogP contribution in [0.25, 0.3) is 0 Å². The Hall–Kier alpha value is -2.38. The molecule has 3 rings (SSSR count).